The normalized spacial score (nSPS) is 18.8. The molecule has 1 saturated heterocycles. The fourth-order valence-electron chi connectivity index (χ4n) is 5.18. The van der Waals surface area contributed by atoms with Crippen LogP contribution < -0.4 is 10.9 Å². The topological polar surface area (TPSA) is 173 Å². The molecule has 0 aliphatic carbocycles. The first-order chi connectivity index (χ1) is 23.4. The van der Waals surface area contributed by atoms with Gasteiger partial charge in [0.25, 0.3) is 11.5 Å². The minimum Gasteiger partial charge on any atom is -0.459 e. The highest BCUT2D eigenvalue weighted by Gasteiger charge is 2.50. The summed E-state index contributed by atoms with van der Waals surface area (Å²) in [5.41, 5.74) is 0.377. The molecule has 246 valence electrons. The van der Waals surface area contributed by atoms with E-state index in [-0.39, 0.29) is 42.5 Å². The zero-order chi connectivity index (χ0) is 33.5. The number of rotatable bonds is 12. The molecule has 1 fully saturated rings. The van der Waals surface area contributed by atoms with E-state index >= 15 is 0 Å². The lowest BCUT2D eigenvalue weighted by Gasteiger charge is -2.25. The zero-order valence-electron chi connectivity index (χ0n) is 25.7. The molecule has 2 aromatic heterocycles. The molecule has 1 aliphatic heterocycles. The van der Waals surface area contributed by atoms with E-state index in [2.05, 4.69) is 20.3 Å². The van der Waals surface area contributed by atoms with Gasteiger partial charge in [0.2, 0.25) is 5.95 Å². The molecule has 4 atom stereocenters. The van der Waals surface area contributed by atoms with Crippen LogP contribution in [0.3, 0.4) is 0 Å². The predicted octanol–water partition coefficient (Wildman–Crippen LogP) is 3.38. The SMILES string of the molecule is COCCO[C@@H]1[C@H](OC(=O)c2ccccc2)[C@@H](COC(=O)c2ccccc2)O[C@H]1n1cnc2c(=O)[nH]c(NC(=O)c3ccccc3)nc21. The number of aromatic nitrogens is 4. The van der Waals surface area contributed by atoms with Gasteiger partial charge in [0.15, 0.2) is 23.5 Å². The van der Waals surface area contributed by atoms with E-state index in [0.717, 1.165) is 0 Å². The Morgan fingerprint density at radius 3 is 2.12 bits per heavy atom. The largest absolute Gasteiger partial charge is 0.459 e. The van der Waals surface area contributed by atoms with Crippen LogP contribution in [0.2, 0.25) is 0 Å². The van der Waals surface area contributed by atoms with Crippen LogP contribution in [0.15, 0.2) is 102 Å². The molecule has 14 nitrogen and oxygen atoms in total. The third-order valence-corrected chi connectivity index (χ3v) is 7.50. The van der Waals surface area contributed by atoms with Crippen molar-refractivity contribution in [3.63, 3.8) is 0 Å². The van der Waals surface area contributed by atoms with Gasteiger partial charge >= 0.3 is 11.9 Å². The third kappa shape index (κ3) is 7.15. The molecule has 14 heteroatoms. The van der Waals surface area contributed by atoms with Gasteiger partial charge in [0, 0.05) is 12.7 Å². The lowest BCUT2D eigenvalue weighted by Crippen LogP contribution is -2.40. The third-order valence-electron chi connectivity index (χ3n) is 7.50. The molecule has 2 N–H and O–H groups in total. The Morgan fingerprint density at radius 1 is 0.854 bits per heavy atom. The number of esters is 2. The summed E-state index contributed by atoms with van der Waals surface area (Å²) in [7, 11) is 1.51. The Hall–Kier alpha value is -5.70. The van der Waals surface area contributed by atoms with Gasteiger partial charge in [0.1, 0.15) is 18.8 Å². The van der Waals surface area contributed by atoms with E-state index in [1.807, 2.05) is 0 Å². The van der Waals surface area contributed by atoms with Gasteiger partial charge < -0.3 is 23.7 Å². The first kappa shape index (κ1) is 32.2. The summed E-state index contributed by atoms with van der Waals surface area (Å²) in [5.74, 6) is -1.87. The average molecular weight is 654 g/mol. The van der Waals surface area contributed by atoms with Crippen molar-refractivity contribution in [1.29, 1.82) is 0 Å². The van der Waals surface area contributed by atoms with Crippen molar-refractivity contribution in [2.45, 2.75) is 24.5 Å². The zero-order valence-corrected chi connectivity index (χ0v) is 25.7. The molecule has 0 radical (unpaired) electrons. The lowest BCUT2D eigenvalue weighted by atomic mass is 10.1. The van der Waals surface area contributed by atoms with Crippen molar-refractivity contribution in [3.8, 4) is 0 Å². The van der Waals surface area contributed by atoms with Gasteiger partial charge in [0.05, 0.1) is 30.7 Å². The van der Waals surface area contributed by atoms with Crippen molar-refractivity contribution >= 4 is 35.0 Å². The molecule has 0 bridgehead atoms. The van der Waals surface area contributed by atoms with Crippen LogP contribution in [-0.2, 0) is 23.7 Å². The molecule has 3 aromatic carbocycles. The van der Waals surface area contributed by atoms with Gasteiger partial charge in [-0.1, -0.05) is 54.6 Å². The number of nitrogens with one attached hydrogen (secondary N) is 2. The predicted molar refractivity (Wildman–Crippen MR) is 170 cm³/mol. The van der Waals surface area contributed by atoms with E-state index in [1.54, 1.807) is 91.0 Å². The molecular weight excluding hydrogens is 622 g/mol. The lowest BCUT2D eigenvalue weighted by molar-refractivity contribution is -0.0805. The molecular formula is C34H31N5O9. The molecule has 48 heavy (non-hydrogen) atoms. The summed E-state index contributed by atoms with van der Waals surface area (Å²) >= 11 is 0. The quantitative estimate of drug-likeness (QED) is 0.149. The fourth-order valence-corrected chi connectivity index (χ4v) is 5.18. The van der Waals surface area contributed by atoms with Crippen LogP contribution in [0, 0.1) is 0 Å². The van der Waals surface area contributed by atoms with Gasteiger partial charge in [-0.3, -0.25) is 24.5 Å². The number of hydrogen-bond acceptors (Lipinski definition) is 11. The van der Waals surface area contributed by atoms with Gasteiger partial charge in [-0.15, -0.1) is 0 Å². The maximum atomic E-state index is 13.3. The Balaban J connectivity index is 1.34. The van der Waals surface area contributed by atoms with Crippen molar-refractivity contribution in [2.24, 2.45) is 0 Å². The summed E-state index contributed by atoms with van der Waals surface area (Å²) in [5, 5.41) is 2.60. The van der Waals surface area contributed by atoms with Crippen LogP contribution in [-0.4, -0.2) is 82.6 Å². The second kappa shape index (κ2) is 14.8. The summed E-state index contributed by atoms with van der Waals surface area (Å²) in [6, 6.07) is 25.2. The van der Waals surface area contributed by atoms with Crippen LogP contribution >= 0.6 is 0 Å². The van der Waals surface area contributed by atoms with Crippen LogP contribution in [0.1, 0.15) is 37.3 Å². The summed E-state index contributed by atoms with van der Waals surface area (Å²) < 4.78 is 30.8. The van der Waals surface area contributed by atoms with E-state index in [0.29, 0.717) is 11.1 Å². The Kier molecular flexibility index (Phi) is 9.95. The number of benzene rings is 3. The number of methoxy groups -OCH3 is 1. The Morgan fingerprint density at radius 2 is 1.48 bits per heavy atom. The minimum absolute atomic E-state index is 0.0382. The maximum Gasteiger partial charge on any atom is 0.338 e. The Bertz CT molecular complexity index is 1930. The number of ether oxygens (including phenoxy) is 5. The number of carbonyl (C=O) groups excluding carboxylic acids is 3. The molecule has 1 aliphatic rings. The standard InChI is InChI=1S/C34H31N5O9/c1-44-17-18-45-27-26(48-33(43)23-15-9-4-10-16-23)24(19-46-32(42)22-13-7-3-8-14-22)47-31(27)39-20-35-25-28(39)36-34(38-30(25)41)37-29(40)21-11-5-2-6-12-21/h2-16,20,24,26-27,31H,17-19H2,1H3,(H2,36,37,38,40,41)/t24-,26-,27-,31-/m1/s1. The van der Waals surface area contributed by atoms with E-state index < -0.39 is 47.9 Å². The van der Waals surface area contributed by atoms with Crippen LogP contribution in [0.5, 0.6) is 0 Å². The van der Waals surface area contributed by atoms with Gasteiger partial charge in [-0.25, -0.2) is 14.6 Å². The number of H-pyrrole nitrogens is 1. The van der Waals surface area contributed by atoms with Gasteiger partial charge in [-0.05, 0) is 36.4 Å². The van der Waals surface area contributed by atoms with E-state index in [9.17, 15) is 19.2 Å². The van der Waals surface area contributed by atoms with E-state index in [1.165, 1.54) is 18.0 Å². The summed E-state index contributed by atoms with van der Waals surface area (Å²) in [4.78, 5) is 63.3. The number of fused-ring (bicyclic) bond motifs is 1. The van der Waals surface area contributed by atoms with Crippen molar-refractivity contribution in [1.82, 2.24) is 19.5 Å². The molecule has 0 unspecified atom stereocenters. The van der Waals surface area contributed by atoms with Crippen molar-refractivity contribution < 1.29 is 38.1 Å². The highest BCUT2D eigenvalue weighted by molar-refractivity contribution is 6.03. The van der Waals surface area contributed by atoms with Crippen molar-refractivity contribution in [3.05, 3.63) is 124 Å². The minimum atomic E-state index is -1.10. The maximum absolute atomic E-state index is 13.3. The number of amides is 1. The van der Waals surface area contributed by atoms with Crippen LogP contribution in [0.25, 0.3) is 11.2 Å². The number of anilines is 1. The number of aromatic amines is 1. The molecule has 0 saturated carbocycles. The number of imidazole rings is 1. The van der Waals surface area contributed by atoms with E-state index in [4.69, 9.17) is 23.7 Å². The first-order valence-corrected chi connectivity index (χ1v) is 15.0. The first-order valence-electron chi connectivity index (χ1n) is 15.0. The van der Waals surface area contributed by atoms with Crippen molar-refractivity contribution in [2.75, 3.05) is 32.2 Å². The van der Waals surface area contributed by atoms with Crippen LogP contribution in [0.4, 0.5) is 5.95 Å². The second-order valence-electron chi connectivity index (χ2n) is 10.7. The average Bonchev–Trinajstić information content (AvgIpc) is 3.69. The fraction of sp³-hybridized carbons (Fsp3) is 0.235. The molecule has 6 rings (SSSR count). The second-order valence-corrected chi connectivity index (χ2v) is 10.7. The summed E-state index contributed by atoms with van der Waals surface area (Å²) in [6.07, 6.45) is -2.86. The highest BCUT2D eigenvalue weighted by Crippen LogP contribution is 2.36. The smallest absolute Gasteiger partial charge is 0.338 e. The molecule has 1 amide bonds. The summed E-state index contributed by atoms with van der Waals surface area (Å²) in [6.45, 7) is -0.0232. The van der Waals surface area contributed by atoms with Gasteiger partial charge in [-0.2, -0.15) is 4.98 Å². The number of nitrogens with zero attached hydrogens (tertiary/aromatic N) is 3. The molecule has 0 spiro atoms. The Labute approximate surface area is 273 Å². The number of hydrogen-bond donors (Lipinski definition) is 2. The monoisotopic (exact) mass is 653 g/mol. The molecule has 3 heterocycles. The highest BCUT2D eigenvalue weighted by atomic mass is 16.6. The number of carbonyl (C=O) groups is 3. The molecule has 5 aromatic rings.